The molecule has 1 saturated heterocycles. The first kappa shape index (κ1) is 16.6. The number of nitrogens with zero attached hydrogens (tertiary/aromatic N) is 2. The Kier molecular flexibility index (Phi) is 5.02. The molecule has 0 unspecified atom stereocenters. The minimum absolute atomic E-state index is 0.0343. The van der Waals surface area contributed by atoms with Crippen molar-refractivity contribution in [1.29, 1.82) is 0 Å². The predicted octanol–water partition coefficient (Wildman–Crippen LogP) is 3.34. The van der Waals surface area contributed by atoms with Gasteiger partial charge in [0, 0.05) is 18.0 Å². The quantitative estimate of drug-likeness (QED) is 0.897. The van der Waals surface area contributed by atoms with Crippen LogP contribution in [0.2, 0.25) is 0 Å². The average molecular weight is 340 g/mol. The van der Waals surface area contributed by atoms with E-state index in [2.05, 4.69) is 20.4 Å². The van der Waals surface area contributed by atoms with Crippen molar-refractivity contribution < 1.29 is 4.79 Å². The molecular formula is C20H28N4O. The van der Waals surface area contributed by atoms with Gasteiger partial charge in [-0.2, -0.15) is 5.10 Å². The second kappa shape index (κ2) is 7.56. The van der Waals surface area contributed by atoms with Crippen LogP contribution in [0.5, 0.6) is 0 Å². The average Bonchev–Trinajstić information content (AvgIpc) is 3.08. The predicted molar refractivity (Wildman–Crippen MR) is 99.6 cm³/mol. The van der Waals surface area contributed by atoms with Crippen LogP contribution >= 0.6 is 0 Å². The number of carbonyl (C=O) groups excluding carboxylic acids is 1. The van der Waals surface area contributed by atoms with Crippen molar-refractivity contribution in [3.05, 3.63) is 30.0 Å². The Balaban J connectivity index is 1.44. The molecule has 2 aliphatic rings. The number of aromatic amines is 1. The zero-order valence-corrected chi connectivity index (χ0v) is 14.8. The summed E-state index contributed by atoms with van der Waals surface area (Å²) < 4.78 is 0. The third kappa shape index (κ3) is 3.71. The largest absolute Gasteiger partial charge is 0.348 e. The third-order valence-electron chi connectivity index (χ3n) is 5.85. The van der Waals surface area contributed by atoms with Gasteiger partial charge in [-0.05, 0) is 50.8 Å². The molecule has 5 heteroatoms. The number of amides is 1. The minimum Gasteiger partial charge on any atom is -0.348 e. The molecule has 1 aromatic heterocycles. The first-order valence-electron chi connectivity index (χ1n) is 9.77. The summed E-state index contributed by atoms with van der Waals surface area (Å²) in [6, 6.07) is 8.10. The number of rotatable bonds is 4. The van der Waals surface area contributed by atoms with E-state index in [4.69, 9.17) is 0 Å². The fraction of sp³-hybridized carbons (Fsp3) is 0.600. The van der Waals surface area contributed by atoms with Gasteiger partial charge in [-0.3, -0.25) is 9.89 Å². The lowest BCUT2D eigenvalue weighted by Gasteiger charge is -2.37. The Hall–Kier alpha value is -1.88. The molecule has 2 fully saturated rings. The normalized spacial score (nSPS) is 25.1. The molecule has 2 heterocycles. The van der Waals surface area contributed by atoms with Crippen LogP contribution in [0.15, 0.2) is 24.3 Å². The summed E-state index contributed by atoms with van der Waals surface area (Å²) in [4.78, 5) is 15.4. The van der Waals surface area contributed by atoms with Crippen molar-refractivity contribution in [3.63, 3.8) is 0 Å². The van der Waals surface area contributed by atoms with Gasteiger partial charge in [-0.25, -0.2) is 0 Å². The van der Waals surface area contributed by atoms with E-state index in [0.29, 0.717) is 11.6 Å². The lowest BCUT2D eigenvalue weighted by molar-refractivity contribution is 0.0874. The number of hydrogen-bond acceptors (Lipinski definition) is 3. The Labute approximate surface area is 149 Å². The van der Waals surface area contributed by atoms with Crippen molar-refractivity contribution >= 4 is 16.8 Å². The lowest BCUT2D eigenvalue weighted by Crippen LogP contribution is -2.47. The summed E-state index contributed by atoms with van der Waals surface area (Å²) in [5.41, 5.74) is 1.44. The first-order valence-corrected chi connectivity index (χ1v) is 9.77. The number of H-pyrrole nitrogens is 1. The number of carbonyl (C=O) groups is 1. The summed E-state index contributed by atoms with van der Waals surface area (Å²) in [6.45, 7) is 3.58. The zero-order chi connectivity index (χ0) is 17.1. The summed E-state index contributed by atoms with van der Waals surface area (Å²) in [7, 11) is 0. The van der Waals surface area contributed by atoms with Crippen LogP contribution in [-0.4, -0.2) is 46.7 Å². The molecule has 25 heavy (non-hydrogen) atoms. The SMILES string of the molecule is O=C(N[C@@H]1CCCC[C@H]1CN1CCCCC1)c1n[nH]c2ccccc12. The number of benzene rings is 1. The second-order valence-corrected chi connectivity index (χ2v) is 7.60. The van der Waals surface area contributed by atoms with E-state index in [1.54, 1.807) is 0 Å². The maximum absolute atomic E-state index is 12.8. The van der Waals surface area contributed by atoms with E-state index in [0.717, 1.165) is 23.9 Å². The van der Waals surface area contributed by atoms with Gasteiger partial charge >= 0.3 is 0 Å². The Bertz CT molecular complexity index is 719. The van der Waals surface area contributed by atoms with Gasteiger partial charge < -0.3 is 10.2 Å². The van der Waals surface area contributed by atoms with E-state index in [-0.39, 0.29) is 11.9 Å². The molecule has 2 atom stereocenters. The molecule has 1 aromatic carbocycles. The lowest BCUT2D eigenvalue weighted by atomic mass is 9.83. The molecule has 1 aliphatic heterocycles. The number of piperidine rings is 1. The highest BCUT2D eigenvalue weighted by atomic mass is 16.2. The number of likely N-dealkylation sites (tertiary alicyclic amines) is 1. The number of nitrogens with one attached hydrogen (secondary N) is 2. The van der Waals surface area contributed by atoms with Gasteiger partial charge in [0.1, 0.15) is 0 Å². The number of fused-ring (bicyclic) bond motifs is 1. The Morgan fingerprint density at radius 2 is 1.92 bits per heavy atom. The van der Waals surface area contributed by atoms with E-state index >= 15 is 0 Å². The summed E-state index contributed by atoms with van der Waals surface area (Å²) >= 11 is 0. The van der Waals surface area contributed by atoms with Gasteiger partial charge in [0.05, 0.1) is 5.52 Å². The molecule has 1 amide bonds. The van der Waals surface area contributed by atoms with E-state index in [1.807, 2.05) is 24.3 Å². The maximum atomic E-state index is 12.8. The zero-order valence-electron chi connectivity index (χ0n) is 14.8. The van der Waals surface area contributed by atoms with Gasteiger partial charge in [0.25, 0.3) is 5.91 Å². The Morgan fingerprint density at radius 1 is 1.12 bits per heavy atom. The Morgan fingerprint density at radius 3 is 2.80 bits per heavy atom. The molecule has 2 N–H and O–H groups in total. The standard InChI is InChI=1S/C20H28N4O/c25-20(19-16-9-3-5-11-18(16)22-23-19)21-17-10-4-2-8-15(17)14-24-12-6-1-7-13-24/h3,5,9,11,15,17H,1-2,4,6-8,10,12-14H2,(H,21,25)(H,22,23)/t15-,17+/m0/s1. The van der Waals surface area contributed by atoms with Gasteiger partial charge in [0.15, 0.2) is 5.69 Å². The topological polar surface area (TPSA) is 61.0 Å². The monoisotopic (exact) mass is 340 g/mol. The molecule has 0 spiro atoms. The molecule has 2 aromatic rings. The summed E-state index contributed by atoms with van der Waals surface area (Å²) in [5, 5.41) is 11.4. The molecule has 5 nitrogen and oxygen atoms in total. The van der Waals surface area contributed by atoms with Crippen molar-refractivity contribution in [1.82, 2.24) is 20.4 Å². The van der Waals surface area contributed by atoms with Crippen LogP contribution < -0.4 is 5.32 Å². The van der Waals surface area contributed by atoms with E-state index in [9.17, 15) is 4.79 Å². The minimum atomic E-state index is -0.0343. The van der Waals surface area contributed by atoms with Gasteiger partial charge in [-0.15, -0.1) is 0 Å². The van der Waals surface area contributed by atoms with Gasteiger partial charge in [0.2, 0.25) is 0 Å². The maximum Gasteiger partial charge on any atom is 0.272 e. The van der Waals surface area contributed by atoms with Crippen molar-refractivity contribution in [2.45, 2.75) is 51.0 Å². The van der Waals surface area contributed by atoms with Crippen LogP contribution in [-0.2, 0) is 0 Å². The highest BCUT2D eigenvalue weighted by molar-refractivity contribution is 6.04. The highest BCUT2D eigenvalue weighted by Gasteiger charge is 2.29. The fourth-order valence-electron chi connectivity index (χ4n) is 4.46. The van der Waals surface area contributed by atoms with E-state index in [1.165, 1.54) is 51.6 Å². The third-order valence-corrected chi connectivity index (χ3v) is 5.85. The molecule has 4 rings (SSSR count). The summed E-state index contributed by atoms with van der Waals surface area (Å²) in [6.07, 6.45) is 8.83. The number of hydrogen-bond donors (Lipinski definition) is 2. The molecule has 0 radical (unpaired) electrons. The second-order valence-electron chi connectivity index (χ2n) is 7.60. The molecule has 1 aliphatic carbocycles. The van der Waals surface area contributed by atoms with Crippen molar-refractivity contribution in [3.8, 4) is 0 Å². The van der Waals surface area contributed by atoms with Crippen molar-refractivity contribution in [2.75, 3.05) is 19.6 Å². The highest BCUT2D eigenvalue weighted by Crippen LogP contribution is 2.27. The molecular weight excluding hydrogens is 312 g/mol. The van der Waals surface area contributed by atoms with Gasteiger partial charge in [-0.1, -0.05) is 37.5 Å². The van der Waals surface area contributed by atoms with Crippen LogP contribution in [0.4, 0.5) is 0 Å². The van der Waals surface area contributed by atoms with Crippen LogP contribution in [0.3, 0.4) is 0 Å². The van der Waals surface area contributed by atoms with Crippen LogP contribution in [0.25, 0.3) is 10.9 Å². The van der Waals surface area contributed by atoms with Crippen molar-refractivity contribution in [2.24, 2.45) is 5.92 Å². The smallest absolute Gasteiger partial charge is 0.272 e. The fourth-order valence-corrected chi connectivity index (χ4v) is 4.46. The molecule has 134 valence electrons. The van der Waals surface area contributed by atoms with Crippen LogP contribution in [0.1, 0.15) is 55.4 Å². The molecule has 0 bridgehead atoms. The number of aromatic nitrogens is 2. The number of para-hydroxylation sites is 1. The molecule has 1 saturated carbocycles. The first-order chi connectivity index (χ1) is 12.3. The van der Waals surface area contributed by atoms with E-state index < -0.39 is 0 Å². The van der Waals surface area contributed by atoms with Crippen LogP contribution in [0, 0.1) is 5.92 Å². The summed E-state index contributed by atoms with van der Waals surface area (Å²) in [5.74, 6) is 0.536.